The normalized spacial score (nSPS) is 21.0. The number of carbonyl (C=O) groups is 1. The summed E-state index contributed by atoms with van der Waals surface area (Å²) in [5.74, 6) is -0.267. The van der Waals surface area contributed by atoms with E-state index in [2.05, 4.69) is 11.0 Å². The number of hydrogen-bond donors (Lipinski definition) is 1. The molecule has 4 nitrogen and oxygen atoms in total. The van der Waals surface area contributed by atoms with Gasteiger partial charge in [-0.05, 0) is 36.2 Å². The van der Waals surface area contributed by atoms with Crippen LogP contribution in [0.3, 0.4) is 0 Å². The molecule has 0 saturated carbocycles. The Bertz CT molecular complexity index is 751. The van der Waals surface area contributed by atoms with Gasteiger partial charge in [-0.25, -0.2) is 0 Å². The number of carbonyl (C=O) groups excluding carboxylic acids is 1. The molecule has 0 unspecified atom stereocenters. The van der Waals surface area contributed by atoms with E-state index in [0.29, 0.717) is 12.1 Å². The summed E-state index contributed by atoms with van der Waals surface area (Å²) in [4.78, 5) is 14.4. The Labute approximate surface area is 136 Å². The van der Waals surface area contributed by atoms with E-state index in [1.165, 1.54) is 0 Å². The van der Waals surface area contributed by atoms with Gasteiger partial charge in [-0.2, -0.15) is 5.26 Å². The Balaban J connectivity index is 1.81. The molecule has 3 rings (SSSR count). The van der Waals surface area contributed by atoms with Gasteiger partial charge in [0.05, 0.1) is 17.0 Å². The van der Waals surface area contributed by atoms with Crippen molar-refractivity contribution in [3.63, 3.8) is 0 Å². The number of hydrogen-bond acceptors (Lipinski definition) is 3. The molecule has 1 fully saturated rings. The zero-order valence-electron chi connectivity index (χ0n) is 12.9. The number of primary amides is 1. The van der Waals surface area contributed by atoms with Crippen LogP contribution in [0.5, 0.6) is 0 Å². The van der Waals surface area contributed by atoms with Crippen LogP contribution < -0.4 is 5.73 Å². The Kier molecular flexibility index (Phi) is 4.14. The molecule has 1 heterocycles. The third kappa shape index (κ3) is 2.96. The number of nitriles is 1. The van der Waals surface area contributed by atoms with Crippen LogP contribution in [0.15, 0.2) is 54.6 Å². The molecule has 1 saturated heterocycles. The van der Waals surface area contributed by atoms with Gasteiger partial charge in [0.15, 0.2) is 0 Å². The van der Waals surface area contributed by atoms with Crippen LogP contribution in [0.1, 0.15) is 23.1 Å². The Morgan fingerprint density at radius 1 is 1.22 bits per heavy atom. The number of amides is 1. The van der Waals surface area contributed by atoms with Crippen molar-refractivity contribution >= 4 is 5.91 Å². The van der Waals surface area contributed by atoms with Gasteiger partial charge in [0.2, 0.25) is 5.91 Å². The fraction of sp³-hybridized carbons (Fsp3) is 0.263. The van der Waals surface area contributed by atoms with Crippen molar-refractivity contribution in [1.29, 1.82) is 5.26 Å². The van der Waals surface area contributed by atoms with E-state index in [4.69, 9.17) is 11.0 Å². The predicted molar refractivity (Wildman–Crippen MR) is 88.4 cm³/mol. The highest BCUT2D eigenvalue weighted by molar-refractivity contribution is 5.87. The van der Waals surface area contributed by atoms with E-state index in [1.54, 1.807) is 6.07 Å². The van der Waals surface area contributed by atoms with Crippen molar-refractivity contribution in [1.82, 2.24) is 4.90 Å². The SMILES string of the molecule is N#Cc1cccc(CN2CC[C@@](C(N)=O)(c3ccccc3)C2)c1. The summed E-state index contributed by atoms with van der Waals surface area (Å²) in [6, 6.07) is 19.5. The van der Waals surface area contributed by atoms with Gasteiger partial charge in [0, 0.05) is 13.1 Å². The molecule has 0 spiro atoms. The molecule has 1 amide bonds. The first-order valence-corrected chi connectivity index (χ1v) is 7.71. The predicted octanol–water partition coefficient (Wildman–Crippen LogP) is 2.19. The number of benzene rings is 2. The molecule has 4 heteroatoms. The lowest BCUT2D eigenvalue weighted by atomic mass is 9.79. The Hall–Kier alpha value is -2.64. The zero-order valence-corrected chi connectivity index (χ0v) is 12.9. The van der Waals surface area contributed by atoms with E-state index in [9.17, 15) is 4.79 Å². The number of nitrogens with zero attached hydrogens (tertiary/aromatic N) is 2. The molecule has 2 aromatic rings. The van der Waals surface area contributed by atoms with Crippen molar-refractivity contribution in [3.8, 4) is 6.07 Å². The summed E-state index contributed by atoms with van der Waals surface area (Å²) in [5.41, 5.74) is 7.87. The van der Waals surface area contributed by atoms with Crippen LogP contribution in [0.25, 0.3) is 0 Å². The minimum Gasteiger partial charge on any atom is -0.369 e. The first-order chi connectivity index (χ1) is 11.1. The summed E-state index contributed by atoms with van der Waals surface area (Å²) in [5, 5.41) is 9.00. The molecule has 0 radical (unpaired) electrons. The van der Waals surface area contributed by atoms with Crippen LogP contribution in [-0.2, 0) is 16.8 Å². The molecule has 0 aromatic heterocycles. The smallest absolute Gasteiger partial charge is 0.229 e. The lowest BCUT2D eigenvalue weighted by Gasteiger charge is -2.26. The van der Waals surface area contributed by atoms with Crippen LogP contribution in [0, 0.1) is 11.3 Å². The van der Waals surface area contributed by atoms with Crippen LogP contribution >= 0.6 is 0 Å². The molecule has 1 aliphatic rings. The van der Waals surface area contributed by atoms with Crippen molar-refractivity contribution in [2.45, 2.75) is 18.4 Å². The summed E-state index contributed by atoms with van der Waals surface area (Å²) in [6.07, 6.45) is 0.726. The van der Waals surface area contributed by atoms with E-state index in [0.717, 1.165) is 30.6 Å². The third-order valence-electron chi connectivity index (χ3n) is 4.61. The molecule has 2 aromatic carbocycles. The zero-order chi connectivity index (χ0) is 16.3. The van der Waals surface area contributed by atoms with Gasteiger partial charge in [0.25, 0.3) is 0 Å². The minimum absolute atomic E-state index is 0.267. The number of likely N-dealkylation sites (tertiary alicyclic amines) is 1. The van der Waals surface area contributed by atoms with Crippen molar-refractivity contribution < 1.29 is 4.79 Å². The minimum atomic E-state index is -0.617. The van der Waals surface area contributed by atoms with Crippen molar-refractivity contribution in [2.24, 2.45) is 5.73 Å². The highest BCUT2D eigenvalue weighted by Gasteiger charge is 2.44. The van der Waals surface area contributed by atoms with E-state index >= 15 is 0 Å². The van der Waals surface area contributed by atoms with Crippen LogP contribution in [-0.4, -0.2) is 23.9 Å². The number of nitrogens with two attached hydrogens (primary N) is 1. The van der Waals surface area contributed by atoms with Crippen LogP contribution in [0.2, 0.25) is 0 Å². The third-order valence-corrected chi connectivity index (χ3v) is 4.61. The first-order valence-electron chi connectivity index (χ1n) is 7.71. The molecule has 1 aliphatic heterocycles. The maximum Gasteiger partial charge on any atom is 0.229 e. The molecule has 1 atom stereocenters. The van der Waals surface area contributed by atoms with Gasteiger partial charge >= 0.3 is 0 Å². The van der Waals surface area contributed by atoms with E-state index in [-0.39, 0.29) is 5.91 Å². The maximum atomic E-state index is 12.2. The van der Waals surface area contributed by atoms with Gasteiger partial charge in [-0.1, -0.05) is 42.5 Å². The lowest BCUT2D eigenvalue weighted by Crippen LogP contribution is -2.43. The van der Waals surface area contributed by atoms with E-state index in [1.807, 2.05) is 48.5 Å². The van der Waals surface area contributed by atoms with Gasteiger partial charge in [0.1, 0.15) is 0 Å². The van der Waals surface area contributed by atoms with Gasteiger partial charge < -0.3 is 5.73 Å². The van der Waals surface area contributed by atoms with Crippen molar-refractivity contribution in [3.05, 3.63) is 71.3 Å². The van der Waals surface area contributed by atoms with Gasteiger partial charge in [-0.3, -0.25) is 9.69 Å². The lowest BCUT2D eigenvalue weighted by molar-refractivity contribution is -0.123. The molecular formula is C19H19N3O. The van der Waals surface area contributed by atoms with E-state index < -0.39 is 5.41 Å². The highest BCUT2D eigenvalue weighted by Crippen LogP contribution is 2.35. The van der Waals surface area contributed by atoms with Gasteiger partial charge in [-0.15, -0.1) is 0 Å². The molecule has 23 heavy (non-hydrogen) atoms. The standard InChI is InChI=1S/C19H19N3O/c20-12-15-5-4-6-16(11-15)13-22-10-9-19(14-22,18(21)23)17-7-2-1-3-8-17/h1-8,11H,9-10,13-14H2,(H2,21,23)/t19-/m0/s1. The second-order valence-electron chi connectivity index (χ2n) is 6.09. The molecule has 116 valence electrons. The average Bonchev–Trinajstić information content (AvgIpc) is 3.01. The Morgan fingerprint density at radius 3 is 2.70 bits per heavy atom. The number of rotatable bonds is 4. The summed E-state index contributed by atoms with van der Waals surface area (Å²) in [6.45, 7) is 2.15. The second-order valence-corrected chi connectivity index (χ2v) is 6.09. The second kappa shape index (κ2) is 6.23. The summed E-state index contributed by atoms with van der Waals surface area (Å²) >= 11 is 0. The largest absolute Gasteiger partial charge is 0.369 e. The molecule has 2 N–H and O–H groups in total. The molecular weight excluding hydrogens is 286 g/mol. The summed E-state index contributed by atoms with van der Waals surface area (Å²) in [7, 11) is 0. The topological polar surface area (TPSA) is 70.1 Å². The highest BCUT2D eigenvalue weighted by atomic mass is 16.1. The fourth-order valence-corrected chi connectivity index (χ4v) is 3.36. The monoisotopic (exact) mass is 305 g/mol. The quantitative estimate of drug-likeness (QED) is 0.941. The fourth-order valence-electron chi connectivity index (χ4n) is 3.36. The maximum absolute atomic E-state index is 12.2. The Morgan fingerprint density at radius 2 is 2.00 bits per heavy atom. The molecule has 0 bridgehead atoms. The average molecular weight is 305 g/mol. The van der Waals surface area contributed by atoms with Crippen LogP contribution in [0.4, 0.5) is 0 Å². The molecule has 0 aliphatic carbocycles. The van der Waals surface area contributed by atoms with Crippen molar-refractivity contribution in [2.75, 3.05) is 13.1 Å². The summed E-state index contributed by atoms with van der Waals surface area (Å²) < 4.78 is 0. The first kappa shape index (κ1) is 15.3.